The van der Waals surface area contributed by atoms with Gasteiger partial charge in [-0.2, -0.15) is 15.0 Å². The van der Waals surface area contributed by atoms with Gasteiger partial charge in [-0.25, -0.2) is 0 Å². The van der Waals surface area contributed by atoms with Crippen LogP contribution in [0.5, 0.6) is 5.75 Å². The molecule has 37 heavy (non-hydrogen) atoms. The summed E-state index contributed by atoms with van der Waals surface area (Å²) in [7, 11) is 1.97. The Kier molecular flexibility index (Phi) is 8.08. The quantitative estimate of drug-likeness (QED) is 0.327. The van der Waals surface area contributed by atoms with Crippen molar-refractivity contribution in [1.82, 2.24) is 19.9 Å². The van der Waals surface area contributed by atoms with E-state index in [9.17, 15) is 9.90 Å². The summed E-state index contributed by atoms with van der Waals surface area (Å²) >= 11 is 0. The van der Waals surface area contributed by atoms with Crippen molar-refractivity contribution < 1.29 is 9.90 Å². The first kappa shape index (κ1) is 26.2. The second kappa shape index (κ2) is 11.4. The molecule has 1 atom stereocenters. The number of primary amides is 1. The number of carbonyl (C=O) groups is 1. The molecule has 2 heterocycles. The summed E-state index contributed by atoms with van der Waals surface area (Å²) in [5.41, 5.74) is 8.62. The number of phenols is 1. The molecule has 1 aliphatic rings. The maximum absolute atomic E-state index is 11.7. The number of nitrogens with two attached hydrogens (primary N) is 1. The zero-order chi connectivity index (χ0) is 26.5. The Balaban J connectivity index is 1.53. The van der Waals surface area contributed by atoms with Crippen molar-refractivity contribution in [2.45, 2.75) is 39.8 Å². The lowest BCUT2D eigenvalue weighted by Crippen LogP contribution is -2.28. The van der Waals surface area contributed by atoms with Crippen LogP contribution < -0.4 is 21.3 Å². The number of hydrogen-bond acceptors (Lipinski definition) is 9. The number of rotatable bonds is 10. The third-order valence-corrected chi connectivity index (χ3v) is 6.29. The Hall–Kier alpha value is -3.92. The van der Waals surface area contributed by atoms with Crippen LogP contribution >= 0.6 is 0 Å². The Labute approximate surface area is 217 Å². The maximum Gasteiger partial charge on any atom is 0.248 e. The van der Waals surface area contributed by atoms with E-state index < -0.39 is 5.91 Å². The summed E-state index contributed by atoms with van der Waals surface area (Å²) in [6.07, 6.45) is 0.949. The molecule has 5 N–H and O–H groups in total. The lowest BCUT2D eigenvalue weighted by atomic mass is 10.1. The highest BCUT2D eigenvalue weighted by atomic mass is 16.3. The van der Waals surface area contributed by atoms with Gasteiger partial charge in [0.1, 0.15) is 5.75 Å². The van der Waals surface area contributed by atoms with Gasteiger partial charge in [-0.3, -0.25) is 9.69 Å². The van der Waals surface area contributed by atoms with Gasteiger partial charge in [-0.05, 0) is 54.7 Å². The standard InChI is InChI=1S/C27H36N8O2/c1-17(2)14-34(4)27-32-25(29-21-10-11-35(16-21)15-19-6-5-7-22(36)12-19)31-26(33-27)30-23-13-20(24(28)37)9-8-18(23)3/h5-9,12-13,17,21,36H,10-11,14-16H2,1-4H3,(H2,28,37)(H2,29,30,31,32,33)/t21-/m0/s1. The third-order valence-electron chi connectivity index (χ3n) is 6.29. The average Bonchev–Trinajstić information content (AvgIpc) is 3.26. The molecule has 1 aliphatic heterocycles. The molecule has 10 nitrogen and oxygen atoms in total. The predicted molar refractivity (Wildman–Crippen MR) is 146 cm³/mol. The van der Waals surface area contributed by atoms with E-state index in [1.54, 1.807) is 24.3 Å². The largest absolute Gasteiger partial charge is 0.508 e. The molecular formula is C27H36N8O2. The summed E-state index contributed by atoms with van der Waals surface area (Å²) in [5, 5.41) is 16.5. The molecule has 1 amide bonds. The number of likely N-dealkylation sites (tertiary alicyclic amines) is 1. The Morgan fingerprint density at radius 3 is 2.70 bits per heavy atom. The zero-order valence-electron chi connectivity index (χ0n) is 21.9. The Morgan fingerprint density at radius 2 is 1.97 bits per heavy atom. The van der Waals surface area contributed by atoms with Crippen molar-refractivity contribution in [3.05, 3.63) is 59.2 Å². The molecule has 0 unspecified atom stereocenters. The number of hydrogen-bond donors (Lipinski definition) is 4. The molecule has 0 saturated carbocycles. The fourth-order valence-corrected chi connectivity index (χ4v) is 4.51. The normalized spacial score (nSPS) is 15.6. The minimum Gasteiger partial charge on any atom is -0.508 e. The highest BCUT2D eigenvalue weighted by Crippen LogP contribution is 2.24. The summed E-state index contributed by atoms with van der Waals surface area (Å²) < 4.78 is 0. The van der Waals surface area contributed by atoms with E-state index in [-0.39, 0.29) is 11.8 Å². The van der Waals surface area contributed by atoms with Gasteiger partial charge < -0.3 is 26.4 Å². The number of aromatic hydroxyl groups is 1. The van der Waals surface area contributed by atoms with Crippen LogP contribution in [0.4, 0.5) is 23.5 Å². The van der Waals surface area contributed by atoms with Gasteiger partial charge >= 0.3 is 0 Å². The van der Waals surface area contributed by atoms with E-state index in [0.717, 1.165) is 43.7 Å². The molecule has 4 rings (SSSR count). The predicted octanol–water partition coefficient (Wildman–Crippen LogP) is 3.51. The molecule has 1 saturated heterocycles. The topological polar surface area (TPSA) is 133 Å². The van der Waals surface area contributed by atoms with Crippen molar-refractivity contribution in [1.29, 1.82) is 0 Å². The molecule has 196 valence electrons. The van der Waals surface area contributed by atoms with Crippen molar-refractivity contribution in [3.63, 3.8) is 0 Å². The first-order valence-electron chi connectivity index (χ1n) is 12.6. The number of amides is 1. The molecule has 3 aromatic rings. The Morgan fingerprint density at radius 1 is 1.19 bits per heavy atom. The smallest absolute Gasteiger partial charge is 0.248 e. The van der Waals surface area contributed by atoms with Gasteiger partial charge in [-0.15, -0.1) is 0 Å². The van der Waals surface area contributed by atoms with Crippen LogP contribution in [-0.4, -0.2) is 63.6 Å². The van der Waals surface area contributed by atoms with Crippen molar-refractivity contribution in [2.75, 3.05) is 42.2 Å². The van der Waals surface area contributed by atoms with E-state index in [4.69, 9.17) is 10.7 Å². The van der Waals surface area contributed by atoms with Gasteiger partial charge in [0.15, 0.2) is 0 Å². The lowest BCUT2D eigenvalue weighted by Gasteiger charge is -2.22. The van der Waals surface area contributed by atoms with Gasteiger partial charge in [0.05, 0.1) is 0 Å². The van der Waals surface area contributed by atoms with Crippen LogP contribution in [-0.2, 0) is 6.54 Å². The number of carbonyl (C=O) groups excluding carboxylic acids is 1. The highest BCUT2D eigenvalue weighted by molar-refractivity contribution is 5.94. The number of nitrogens with zero attached hydrogens (tertiary/aromatic N) is 5. The number of benzene rings is 2. The first-order valence-corrected chi connectivity index (χ1v) is 12.6. The number of anilines is 4. The fourth-order valence-electron chi connectivity index (χ4n) is 4.51. The number of phenolic OH excluding ortho intramolecular Hbond substituents is 1. The molecule has 10 heteroatoms. The molecule has 2 aromatic carbocycles. The van der Waals surface area contributed by atoms with Crippen LogP contribution in [0.3, 0.4) is 0 Å². The molecule has 0 radical (unpaired) electrons. The van der Waals surface area contributed by atoms with Gasteiger partial charge in [-0.1, -0.05) is 32.0 Å². The van der Waals surface area contributed by atoms with Crippen LogP contribution in [0.1, 0.15) is 41.8 Å². The van der Waals surface area contributed by atoms with E-state index >= 15 is 0 Å². The molecule has 0 bridgehead atoms. The first-order chi connectivity index (χ1) is 17.7. The number of aromatic nitrogens is 3. The van der Waals surface area contributed by atoms with Crippen LogP contribution in [0.15, 0.2) is 42.5 Å². The summed E-state index contributed by atoms with van der Waals surface area (Å²) in [5.74, 6) is 1.68. The van der Waals surface area contributed by atoms with Crippen molar-refractivity contribution >= 4 is 29.4 Å². The molecule has 1 fully saturated rings. The lowest BCUT2D eigenvalue weighted by molar-refractivity contribution is 0.100. The zero-order valence-corrected chi connectivity index (χ0v) is 21.9. The average molecular weight is 505 g/mol. The minimum atomic E-state index is -0.491. The molecule has 0 aliphatic carbocycles. The maximum atomic E-state index is 11.7. The second-order valence-corrected chi connectivity index (χ2v) is 10.1. The number of aryl methyl sites for hydroxylation is 1. The number of nitrogens with one attached hydrogen (secondary N) is 2. The van der Waals surface area contributed by atoms with E-state index in [0.29, 0.717) is 35.0 Å². The minimum absolute atomic E-state index is 0.177. The van der Waals surface area contributed by atoms with Crippen LogP contribution in [0.2, 0.25) is 0 Å². The SMILES string of the molecule is Cc1ccc(C(N)=O)cc1Nc1nc(N[C@H]2CCN(Cc3cccc(O)c3)C2)nc(N(C)CC(C)C)n1. The van der Waals surface area contributed by atoms with Gasteiger partial charge in [0, 0.05) is 50.5 Å². The summed E-state index contributed by atoms with van der Waals surface area (Å²) in [4.78, 5) is 30.1. The van der Waals surface area contributed by atoms with Crippen LogP contribution in [0, 0.1) is 12.8 Å². The van der Waals surface area contributed by atoms with E-state index in [2.05, 4.69) is 39.3 Å². The van der Waals surface area contributed by atoms with Gasteiger partial charge in [0.25, 0.3) is 0 Å². The Bertz CT molecular complexity index is 1250. The second-order valence-electron chi connectivity index (χ2n) is 10.1. The van der Waals surface area contributed by atoms with Gasteiger partial charge in [0.2, 0.25) is 23.8 Å². The van der Waals surface area contributed by atoms with E-state index in [1.165, 1.54) is 0 Å². The summed E-state index contributed by atoms with van der Waals surface area (Å²) in [6, 6.07) is 12.8. The fraction of sp³-hybridized carbons (Fsp3) is 0.407. The molecular weight excluding hydrogens is 468 g/mol. The molecule has 1 aromatic heterocycles. The molecule has 0 spiro atoms. The van der Waals surface area contributed by atoms with Crippen molar-refractivity contribution in [3.8, 4) is 5.75 Å². The highest BCUT2D eigenvalue weighted by Gasteiger charge is 2.24. The monoisotopic (exact) mass is 504 g/mol. The van der Waals surface area contributed by atoms with Crippen molar-refractivity contribution in [2.24, 2.45) is 11.7 Å². The van der Waals surface area contributed by atoms with Crippen LogP contribution in [0.25, 0.3) is 0 Å². The third kappa shape index (κ3) is 7.07. The van der Waals surface area contributed by atoms with E-state index in [1.807, 2.05) is 37.1 Å². The summed E-state index contributed by atoms with van der Waals surface area (Å²) in [6.45, 7) is 9.57.